The van der Waals surface area contributed by atoms with Crippen LogP contribution in [0.1, 0.15) is 31.2 Å². The van der Waals surface area contributed by atoms with Gasteiger partial charge in [-0.05, 0) is 61.9 Å². The average Bonchev–Trinajstić information content (AvgIpc) is 2.94. The molecule has 2 bridgehead atoms. The van der Waals surface area contributed by atoms with Crippen LogP contribution >= 0.6 is 12.2 Å². The molecule has 1 aromatic rings. The Morgan fingerprint density at radius 1 is 1.33 bits per heavy atom. The van der Waals surface area contributed by atoms with Gasteiger partial charge in [-0.3, -0.25) is 0 Å². The summed E-state index contributed by atoms with van der Waals surface area (Å²) in [7, 11) is 0. The highest BCUT2D eigenvalue weighted by atomic mass is 32.1. The van der Waals surface area contributed by atoms with Crippen LogP contribution in [0, 0.1) is 18.8 Å². The van der Waals surface area contributed by atoms with Crippen molar-refractivity contribution in [3.8, 4) is 0 Å². The standard InChI is InChI=1S/C14H19N3S/c1-9-2-5-13(15-8-9)17-14(18)16-12-7-10-3-4-11(12)6-10/h2,5,8,10-12H,3-4,6-7H2,1H3,(H2,15,16,17,18)/t10-,11+,12-/m0/s1. The zero-order valence-corrected chi connectivity index (χ0v) is 11.5. The third-order valence-electron chi connectivity index (χ3n) is 4.21. The van der Waals surface area contributed by atoms with E-state index >= 15 is 0 Å². The minimum Gasteiger partial charge on any atom is -0.359 e. The summed E-state index contributed by atoms with van der Waals surface area (Å²) in [6, 6.07) is 4.58. The largest absolute Gasteiger partial charge is 0.359 e. The fourth-order valence-corrected chi connectivity index (χ4v) is 3.54. The van der Waals surface area contributed by atoms with Crippen LogP contribution in [0.5, 0.6) is 0 Å². The summed E-state index contributed by atoms with van der Waals surface area (Å²) in [6.07, 6.45) is 7.32. The SMILES string of the molecule is Cc1ccc(NC(=S)N[C@H]2C[C@H]3CC[C@@H]2C3)nc1. The van der Waals surface area contributed by atoms with E-state index < -0.39 is 0 Å². The molecule has 0 amide bonds. The summed E-state index contributed by atoms with van der Waals surface area (Å²) in [5.41, 5.74) is 1.16. The molecule has 2 saturated carbocycles. The first-order chi connectivity index (χ1) is 8.70. The van der Waals surface area contributed by atoms with Gasteiger partial charge in [-0.25, -0.2) is 4.98 Å². The Morgan fingerprint density at radius 2 is 2.22 bits per heavy atom. The monoisotopic (exact) mass is 261 g/mol. The van der Waals surface area contributed by atoms with Crippen molar-refractivity contribution in [3.63, 3.8) is 0 Å². The molecule has 2 aliphatic carbocycles. The van der Waals surface area contributed by atoms with Gasteiger partial charge in [-0.1, -0.05) is 12.5 Å². The molecule has 0 aromatic carbocycles. The molecular formula is C14H19N3S. The van der Waals surface area contributed by atoms with Gasteiger partial charge in [0.2, 0.25) is 0 Å². The molecule has 2 aliphatic rings. The van der Waals surface area contributed by atoms with Crippen molar-refractivity contribution in [3.05, 3.63) is 23.9 Å². The third kappa shape index (κ3) is 2.48. The average molecular weight is 261 g/mol. The molecule has 18 heavy (non-hydrogen) atoms. The van der Waals surface area contributed by atoms with E-state index in [9.17, 15) is 0 Å². The zero-order valence-electron chi connectivity index (χ0n) is 10.6. The number of hydrogen-bond donors (Lipinski definition) is 2. The Labute approximate surface area is 113 Å². The number of aromatic nitrogens is 1. The lowest BCUT2D eigenvalue weighted by atomic mass is 9.96. The minimum atomic E-state index is 0.578. The van der Waals surface area contributed by atoms with Crippen LogP contribution in [0.2, 0.25) is 0 Å². The lowest BCUT2D eigenvalue weighted by molar-refractivity contribution is 0.392. The van der Waals surface area contributed by atoms with E-state index in [0.717, 1.165) is 23.2 Å². The maximum Gasteiger partial charge on any atom is 0.172 e. The fourth-order valence-electron chi connectivity index (χ4n) is 3.28. The van der Waals surface area contributed by atoms with Gasteiger partial charge < -0.3 is 10.6 Å². The molecule has 0 aliphatic heterocycles. The Hall–Kier alpha value is -1.16. The van der Waals surface area contributed by atoms with Gasteiger partial charge in [0.1, 0.15) is 5.82 Å². The first-order valence-corrected chi connectivity index (χ1v) is 7.12. The van der Waals surface area contributed by atoms with Gasteiger partial charge >= 0.3 is 0 Å². The van der Waals surface area contributed by atoms with Crippen molar-refractivity contribution in [2.24, 2.45) is 11.8 Å². The molecule has 3 atom stereocenters. The summed E-state index contributed by atoms with van der Waals surface area (Å²) in [5.74, 6) is 2.59. The zero-order chi connectivity index (χ0) is 12.5. The number of nitrogens with zero attached hydrogens (tertiary/aromatic N) is 1. The lowest BCUT2D eigenvalue weighted by Crippen LogP contribution is -2.40. The molecule has 3 nitrogen and oxygen atoms in total. The van der Waals surface area contributed by atoms with Crippen molar-refractivity contribution in [2.75, 3.05) is 5.32 Å². The van der Waals surface area contributed by atoms with Crippen LogP contribution in [0.3, 0.4) is 0 Å². The van der Waals surface area contributed by atoms with Crippen LogP contribution in [-0.2, 0) is 0 Å². The van der Waals surface area contributed by atoms with E-state index in [1.165, 1.54) is 25.7 Å². The molecule has 0 radical (unpaired) electrons. The number of anilines is 1. The fraction of sp³-hybridized carbons (Fsp3) is 0.571. The van der Waals surface area contributed by atoms with E-state index in [1.54, 1.807) is 0 Å². The van der Waals surface area contributed by atoms with E-state index in [-0.39, 0.29) is 0 Å². The second kappa shape index (κ2) is 4.84. The summed E-state index contributed by atoms with van der Waals surface area (Å²) < 4.78 is 0. The second-order valence-corrected chi connectivity index (χ2v) is 6.01. The Kier molecular flexibility index (Phi) is 3.20. The number of nitrogens with one attached hydrogen (secondary N) is 2. The molecular weight excluding hydrogens is 242 g/mol. The van der Waals surface area contributed by atoms with E-state index in [0.29, 0.717) is 11.2 Å². The summed E-state index contributed by atoms with van der Waals surface area (Å²) >= 11 is 5.36. The predicted octanol–water partition coefficient (Wildman–Crippen LogP) is 2.87. The minimum absolute atomic E-state index is 0.578. The number of rotatable bonds is 2. The second-order valence-electron chi connectivity index (χ2n) is 5.60. The van der Waals surface area contributed by atoms with Crippen LogP contribution < -0.4 is 10.6 Å². The Bertz CT molecular complexity index is 443. The normalized spacial score (nSPS) is 29.3. The molecule has 0 spiro atoms. The highest BCUT2D eigenvalue weighted by Crippen LogP contribution is 2.44. The van der Waals surface area contributed by atoms with Crippen LogP contribution in [-0.4, -0.2) is 16.1 Å². The molecule has 0 unspecified atom stereocenters. The summed E-state index contributed by atoms with van der Waals surface area (Å²) in [4.78, 5) is 4.30. The van der Waals surface area contributed by atoms with Crippen molar-refractivity contribution in [1.82, 2.24) is 10.3 Å². The Morgan fingerprint density at radius 3 is 2.83 bits per heavy atom. The van der Waals surface area contributed by atoms with Gasteiger partial charge in [0.25, 0.3) is 0 Å². The molecule has 0 saturated heterocycles. The van der Waals surface area contributed by atoms with Gasteiger partial charge in [0.15, 0.2) is 5.11 Å². The van der Waals surface area contributed by atoms with Crippen molar-refractivity contribution in [2.45, 2.75) is 38.6 Å². The third-order valence-corrected chi connectivity index (χ3v) is 4.43. The highest BCUT2D eigenvalue weighted by Gasteiger charge is 2.39. The van der Waals surface area contributed by atoms with E-state index in [4.69, 9.17) is 12.2 Å². The van der Waals surface area contributed by atoms with E-state index in [1.807, 2.05) is 25.3 Å². The quantitative estimate of drug-likeness (QED) is 0.803. The van der Waals surface area contributed by atoms with Gasteiger partial charge in [0.05, 0.1) is 0 Å². The number of fused-ring (bicyclic) bond motifs is 2. The number of thiocarbonyl (C=S) groups is 1. The number of pyridine rings is 1. The van der Waals surface area contributed by atoms with Crippen LogP contribution in [0.15, 0.2) is 18.3 Å². The topological polar surface area (TPSA) is 37.0 Å². The Balaban J connectivity index is 1.54. The van der Waals surface area contributed by atoms with Gasteiger partial charge in [0, 0.05) is 12.2 Å². The summed E-state index contributed by atoms with van der Waals surface area (Å²) in [5, 5.41) is 7.33. The summed E-state index contributed by atoms with van der Waals surface area (Å²) in [6.45, 7) is 2.03. The van der Waals surface area contributed by atoms with Crippen LogP contribution in [0.4, 0.5) is 5.82 Å². The molecule has 2 N–H and O–H groups in total. The molecule has 3 rings (SSSR count). The van der Waals surface area contributed by atoms with Gasteiger partial charge in [-0.15, -0.1) is 0 Å². The lowest BCUT2D eigenvalue weighted by Gasteiger charge is -2.24. The molecule has 4 heteroatoms. The van der Waals surface area contributed by atoms with Gasteiger partial charge in [-0.2, -0.15) is 0 Å². The maximum absolute atomic E-state index is 5.36. The number of aryl methyl sites for hydroxylation is 1. The highest BCUT2D eigenvalue weighted by molar-refractivity contribution is 7.80. The van der Waals surface area contributed by atoms with Crippen LogP contribution in [0.25, 0.3) is 0 Å². The molecule has 96 valence electrons. The van der Waals surface area contributed by atoms with E-state index in [2.05, 4.69) is 15.6 Å². The van der Waals surface area contributed by atoms with Crippen molar-refractivity contribution >= 4 is 23.1 Å². The smallest absolute Gasteiger partial charge is 0.172 e. The first-order valence-electron chi connectivity index (χ1n) is 6.71. The van der Waals surface area contributed by atoms with Crippen molar-refractivity contribution in [1.29, 1.82) is 0 Å². The van der Waals surface area contributed by atoms with Crippen molar-refractivity contribution < 1.29 is 0 Å². The molecule has 1 aromatic heterocycles. The molecule has 1 heterocycles. The maximum atomic E-state index is 5.36. The first kappa shape index (κ1) is 11.9. The number of hydrogen-bond acceptors (Lipinski definition) is 2. The predicted molar refractivity (Wildman–Crippen MR) is 77.6 cm³/mol. The molecule has 2 fully saturated rings.